The molecule has 1 rings (SSSR count). The Bertz CT molecular complexity index is 365. The van der Waals surface area contributed by atoms with E-state index in [1.54, 1.807) is 17.5 Å². The molecule has 0 aromatic carbocycles. The molecule has 120 valence electrons. The average Bonchev–Trinajstić information content (AvgIpc) is 2.99. The zero-order valence-electron chi connectivity index (χ0n) is 13.5. The summed E-state index contributed by atoms with van der Waals surface area (Å²) in [5.74, 6) is -0.0966. The molecule has 4 heteroatoms. The third kappa shape index (κ3) is 8.20. The van der Waals surface area contributed by atoms with E-state index in [1.807, 2.05) is 12.3 Å². The number of hydrogen-bond acceptors (Lipinski definition) is 4. The highest BCUT2D eigenvalue weighted by Gasteiger charge is 2.18. The van der Waals surface area contributed by atoms with Crippen LogP contribution < -0.4 is 0 Å². The van der Waals surface area contributed by atoms with E-state index in [9.17, 15) is 4.79 Å². The minimum absolute atomic E-state index is 0.0966. The second-order valence-corrected chi connectivity index (χ2v) is 6.43. The Hall–Kier alpha value is -0.900. The van der Waals surface area contributed by atoms with Gasteiger partial charge in [0.25, 0.3) is 0 Å². The number of rotatable bonds is 12. The minimum atomic E-state index is -0.139. The Morgan fingerprint density at radius 1 is 1.14 bits per heavy atom. The number of carbonyl (C=O) groups excluding carboxylic acids is 1. The highest BCUT2D eigenvalue weighted by Crippen LogP contribution is 2.26. The van der Waals surface area contributed by atoms with Crippen LogP contribution in [0.1, 0.15) is 89.2 Å². The van der Waals surface area contributed by atoms with E-state index >= 15 is 0 Å². The monoisotopic (exact) mass is 311 g/mol. The largest absolute Gasteiger partial charge is 0.455 e. The smallest absolute Gasteiger partial charge is 0.306 e. The lowest BCUT2D eigenvalue weighted by Crippen LogP contribution is -2.11. The van der Waals surface area contributed by atoms with Crippen LogP contribution in [0.25, 0.3) is 0 Å². The van der Waals surface area contributed by atoms with Gasteiger partial charge in [0.15, 0.2) is 6.10 Å². The predicted octanol–water partition coefficient (Wildman–Crippen LogP) is 5.67. The summed E-state index contributed by atoms with van der Waals surface area (Å²) in [7, 11) is 0. The molecule has 0 fully saturated rings. The molecule has 0 N–H and O–H groups in total. The Labute approximate surface area is 133 Å². The fraction of sp³-hybridized carbons (Fsp3) is 0.765. The highest BCUT2D eigenvalue weighted by atomic mass is 32.1. The number of esters is 1. The van der Waals surface area contributed by atoms with Crippen LogP contribution >= 0.6 is 11.3 Å². The Kier molecular flexibility index (Phi) is 10.1. The number of carbonyl (C=O) groups is 1. The summed E-state index contributed by atoms with van der Waals surface area (Å²) in [6.07, 6.45) is 12.8. The van der Waals surface area contributed by atoms with Gasteiger partial charge in [-0.15, -0.1) is 11.3 Å². The van der Waals surface area contributed by atoms with Gasteiger partial charge in [-0.25, -0.2) is 4.98 Å². The van der Waals surface area contributed by atoms with Gasteiger partial charge in [-0.3, -0.25) is 4.79 Å². The van der Waals surface area contributed by atoms with Crippen molar-refractivity contribution in [3.8, 4) is 0 Å². The van der Waals surface area contributed by atoms with Crippen molar-refractivity contribution in [3.63, 3.8) is 0 Å². The zero-order chi connectivity index (χ0) is 15.3. The summed E-state index contributed by atoms with van der Waals surface area (Å²) in [5.41, 5.74) is 0. The lowest BCUT2D eigenvalue weighted by atomic mass is 10.1. The minimum Gasteiger partial charge on any atom is -0.455 e. The van der Waals surface area contributed by atoms with Crippen molar-refractivity contribution >= 4 is 17.3 Å². The number of hydrogen-bond donors (Lipinski definition) is 0. The average molecular weight is 311 g/mol. The number of ether oxygens (including phenoxy) is 1. The van der Waals surface area contributed by atoms with Crippen molar-refractivity contribution in [1.29, 1.82) is 0 Å². The van der Waals surface area contributed by atoms with Gasteiger partial charge in [-0.05, 0) is 19.3 Å². The number of unbranched alkanes of at least 4 members (excludes halogenated alkanes) is 6. The highest BCUT2D eigenvalue weighted by molar-refractivity contribution is 7.09. The molecule has 0 amide bonds. The quantitative estimate of drug-likeness (QED) is 0.369. The first kappa shape index (κ1) is 18.1. The summed E-state index contributed by atoms with van der Waals surface area (Å²) in [6.45, 7) is 4.24. The van der Waals surface area contributed by atoms with E-state index < -0.39 is 0 Å². The standard InChI is InChI=1S/C17H29NO2S/c1-3-5-6-7-8-9-10-12-15(17-18-13-14-21-17)20-16(19)11-4-2/h13-15H,3-12H2,1-2H3/t15-/m1/s1. The molecule has 1 heterocycles. The van der Waals surface area contributed by atoms with Crippen LogP contribution in [0.2, 0.25) is 0 Å². The maximum absolute atomic E-state index is 11.7. The van der Waals surface area contributed by atoms with Crippen molar-refractivity contribution in [3.05, 3.63) is 16.6 Å². The maximum atomic E-state index is 11.7. The third-order valence-corrected chi connectivity index (χ3v) is 4.39. The molecule has 0 saturated carbocycles. The first-order valence-electron chi connectivity index (χ1n) is 8.36. The van der Waals surface area contributed by atoms with E-state index in [0.717, 1.165) is 24.3 Å². The Morgan fingerprint density at radius 3 is 2.48 bits per heavy atom. The van der Waals surface area contributed by atoms with Crippen molar-refractivity contribution in [2.75, 3.05) is 0 Å². The number of thiazole rings is 1. The van der Waals surface area contributed by atoms with Gasteiger partial charge in [0.2, 0.25) is 0 Å². The van der Waals surface area contributed by atoms with Crippen LogP contribution in [0.4, 0.5) is 0 Å². The van der Waals surface area contributed by atoms with E-state index in [0.29, 0.717) is 6.42 Å². The molecule has 1 atom stereocenters. The van der Waals surface area contributed by atoms with Gasteiger partial charge in [-0.2, -0.15) is 0 Å². The topological polar surface area (TPSA) is 39.2 Å². The Morgan fingerprint density at radius 2 is 1.86 bits per heavy atom. The molecule has 0 aliphatic heterocycles. The number of nitrogens with zero attached hydrogens (tertiary/aromatic N) is 1. The SMILES string of the molecule is CCCCCCCCC[C@@H](OC(=O)CCC)c1nccs1. The van der Waals surface area contributed by atoms with Crippen LogP contribution in [0.5, 0.6) is 0 Å². The molecule has 0 spiro atoms. The fourth-order valence-electron chi connectivity index (χ4n) is 2.33. The van der Waals surface area contributed by atoms with Gasteiger partial charge in [0.05, 0.1) is 0 Å². The molecule has 0 radical (unpaired) electrons. The normalized spacial score (nSPS) is 12.3. The van der Waals surface area contributed by atoms with Crippen molar-refractivity contribution in [1.82, 2.24) is 4.98 Å². The molecule has 3 nitrogen and oxygen atoms in total. The van der Waals surface area contributed by atoms with Crippen molar-refractivity contribution in [2.45, 2.75) is 84.2 Å². The molecule has 0 aliphatic carbocycles. The summed E-state index contributed by atoms with van der Waals surface area (Å²) in [5, 5.41) is 2.88. The van der Waals surface area contributed by atoms with Crippen LogP contribution in [-0.4, -0.2) is 11.0 Å². The fourth-order valence-corrected chi connectivity index (χ4v) is 3.04. The molecule has 21 heavy (non-hydrogen) atoms. The molecular formula is C17H29NO2S. The molecule has 0 bridgehead atoms. The lowest BCUT2D eigenvalue weighted by molar-refractivity contribution is -0.150. The molecular weight excluding hydrogens is 282 g/mol. The van der Waals surface area contributed by atoms with E-state index in [4.69, 9.17) is 4.74 Å². The molecule has 0 saturated heterocycles. The lowest BCUT2D eigenvalue weighted by Gasteiger charge is -2.15. The van der Waals surface area contributed by atoms with Gasteiger partial charge < -0.3 is 4.74 Å². The van der Waals surface area contributed by atoms with Crippen LogP contribution in [0, 0.1) is 0 Å². The van der Waals surface area contributed by atoms with E-state index in [2.05, 4.69) is 11.9 Å². The summed E-state index contributed by atoms with van der Waals surface area (Å²) >= 11 is 1.58. The van der Waals surface area contributed by atoms with Crippen LogP contribution in [0.15, 0.2) is 11.6 Å². The van der Waals surface area contributed by atoms with E-state index in [1.165, 1.54) is 38.5 Å². The third-order valence-electron chi connectivity index (χ3n) is 3.52. The molecule has 0 unspecified atom stereocenters. The van der Waals surface area contributed by atoms with Gasteiger partial charge in [0, 0.05) is 18.0 Å². The first-order chi connectivity index (χ1) is 10.3. The summed E-state index contributed by atoms with van der Waals surface area (Å²) in [6, 6.07) is 0. The predicted molar refractivity (Wildman–Crippen MR) is 88.5 cm³/mol. The second-order valence-electron chi connectivity index (χ2n) is 5.51. The van der Waals surface area contributed by atoms with Gasteiger partial charge >= 0.3 is 5.97 Å². The summed E-state index contributed by atoms with van der Waals surface area (Å²) < 4.78 is 5.59. The summed E-state index contributed by atoms with van der Waals surface area (Å²) in [4.78, 5) is 16.0. The number of aromatic nitrogens is 1. The van der Waals surface area contributed by atoms with E-state index in [-0.39, 0.29) is 12.1 Å². The Balaban J connectivity index is 2.28. The van der Waals surface area contributed by atoms with Crippen molar-refractivity contribution < 1.29 is 9.53 Å². The van der Waals surface area contributed by atoms with Crippen LogP contribution in [0.3, 0.4) is 0 Å². The molecule has 1 aromatic rings. The first-order valence-corrected chi connectivity index (χ1v) is 9.24. The molecule has 0 aliphatic rings. The van der Waals surface area contributed by atoms with Gasteiger partial charge in [-0.1, -0.05) is 52.4 Å². The second kappa shape index (κ2) is 11.7. The van der Waals surface area contributed by atoms with Gasteiger partial charge in [0.1, 0.15) is 5.01 Å². The molecule has 1 aromatic heterocycles. The van der Waals surface area contributed by atoms with Crippen LogP contribution in [-0.2, 0) is 9.53 Å². The maximum Gasteiger partial charge on any atom is 0.306 e. The zero-order valence-corrected chi connectivity index (χ0v) is 14.3. The van der Waals surface area contributed by atoms with Crippen molar-refractivity contribution in [2.24, 2.45) is 0 Å².